The lowest BCUT2D eigenvalue weighted by Crippen LogP contribution is -2.37. The van der Waals surface area contributed by atoms with E-state index in [0.29, 0.717) is 0 Å². The van der Waals surface area contributed by atoms with Gasteiger partial charge in [0.25, 0.3) is 0 Å². The van der Waals surface area contributed by atoms with Gasteiger partial charge in [0.05, 0.1) is 5.41 Å². The van der Waals surface area contributed by atoms with Gasteiger partial charge in [0.2, 0.25) is 5.91 Å². The summed E-state index contributed by atoms with van der Waals surface area (Å²) >= 11 is 0. The van der Waals surface area contributed by atoms with Crippen LogP contribution in [0.3, 0.4) is 0 Å². The molecule has 3 heterocycles. The number of benzene rings is 1. The number of amides is 1. The molecule has 0 bridgehead atoms. The molecule has 4 rings (SSSR count). The molecule has 1 amide bonds. The summed E-state index contributed by atoms with van der Waals surface area (Å²) in [6, 6.07) is 12.1. The van der Waals surface area contributed by atoms with Crippen molar-refractivity contribution < 1.29 is 4.79 Å². The number of hydrogen-bond acceptors (Lipinski definition) is 3. The van der Waals surface area contributed by atoms with Gasteiger partial charge in [0.15, 0.2) is 0 Å². The highest BCUT2D eigenvalue weighted by Crippen LogP contribution is 2.44. The van der Waals surface area contributed by atoms with E-state index in [1.165, 1.54) is 5.56 Å². The van der Waals surface area contributed by atoms with Gasteiger partial charge >= 0.3 is 0 Å². The molecule has 0 saturated carbocycles. The Morgan fingerprint density at radius 3 is 3.00 bits per heavy atom. The van der Waals surface area contributed by atoms with E-state index < -0.39 is 0 Å². The fourth-order valence-corrected chi connectivity index (χ4v) is 3.55. The van der Waals surface area contributed by atoms with Crippen LogP contribution < -0.4 is 5.32 Å². The summed E-state index contributed by atoms with van der Waals surface area (Å²) in [7, 11) is 0. The molecule has 1 N–H and O–H groups in total. The van der Waals surface area contributed by atoms with E-state index in [4.69, 9.17) is 0 Å². The number of aromatic nitrogens is 1. The van der Waals surface area contributed by atoms with Crippen LogP contribution >= 0.6 is 0 Å². The van der Waals surface area contributed by atoms with Crippen LogP contribution in [0.4, 0.5) is 5.69 Å². The van der Waals surface area contributed by atoms with Crippen molar-refractivity contribution in [3.63, 3.8) is 0 Å². The fraction of sp³-hybridized carbons (Fsp3) is 0.294. The van der Waals surface area contributed by atoms with E-state index in [1.807, 2.05) is 30.5 Å². The molecule has 21 heavy (non-hydrogen) atoms. The quantitative estimate of drug-likeness (QED) is 0.916. The fourth-order valence-electron chi connectivity index (χ4n) is 3.55. The highest BCUT2D eigenvalue weighted by molar-refractivity contribution is 6.06. The lowest BCUT2D eigenvalue weighted by molar-refractivity contribution is -0.120. The average molecular weight is 279 g/mol. The summed E-state index contributed by atoms with van der Waals surface area (Å²) in [5, 5.41) is 3.04. The molecule has 1 aromatic heterocycles. The number of nitrogens with one attached hydrogen (secondary N) is 1. The molecule has 2 aliphatic heterocycles. The number of pyridine rings is 1. The number of carbonyl (C=O) groups is 1. The Bertz CT molecular complexity index is 685. The third-order valence-electron chi connectivity index (χ3n) is 4.60. The molecule has 2 aromatic rings. The predicted molar refractivity (Wildman–Crippen MR) is 80.9 cm³/mol. The van der Waals surface area contributed by atoms with Crippen LogP contribution in [0.25, 0.3) is 0 Å². The lowest BCUT2D eigenvalue weighted by Gasteiger charge is -2.22. The maximum atomic E-state index is 12.5. The van der Waals surface area contributed by atoms with Crippen LogP contribution in [0.1, 0.15) is 17.5 Å². The second-order valence-corrected chi connectivity index (χ2v) is 5.90. The van der Waals surface area contributed by atoms with Gasteiger partial charge in [-0.1, -0.05) is 24.3 Å². The lowest BCUT2D eigenvalue weighted by atomic mass is 9.81. The summed E-state index contributed by atoms with van der Waals surface area (Å²) in [6.07, 6.45) is 4.57. The van der Waals surface area contributed by atoms with Crippen LogP contribution in [0.15, 0.2) is 48.8 Å². The number of hydrogen-bond donors (Lipinski definition) is 1. The maximum absolute atomic E-state index is 12.5. The maximum Gasteiger partial charge on any atom is 0.236 e. The Morgan fingerprint density at radius 1 is 1.24 bits per heavy atom. The number of likely N-dealkylation sites (tertiary alicyclic amines) is 1. The molecule has 1 spiro atoms. The van der Waals surface area contributed by atoms with E-state index >= 15 is 0 Å². The summed E-state index contributed by atoms with van der Waals surface area (Å²) < 4.78 is 0. The highest BCUT2D eigenvalue weighted by atomic mass is 16.2. The number of anilines is 1. The van der Waals surface area contributed by atoms with Gasteiger partial charge in [-0.15, -0.1) is 0 Å². The Labute approximate surface area is 123 Å². The smallest absolute Gasteiger partial charge is 0.236 e. The number of para-hydroxylation sites is 1. The predicted octanol–water partition coefficient (Wildman–Crippen LogP) is 2.18. The number of rotatable bonds is 2. The van der Waals surface area contributed by atoms with E-state index in [-0.39, 0.29) is 11.3 Å². The van der Waals surface area contributed by atoms with E-state index in [0.717, 1.165) is 37.3 Å². The second-order valence-electron chi connectivity index (χ2n) is 5.90. The molecule has 1 atom stereocenters. The summed E-state index contributed by atoms with van der Waals surface area (Å²) in [5.41, 5.74) is 2.97. The molecule has 4 nitrogen and oxygen atoms in total. The van der Waals surface area contributed by atoms with Crippen molar-refractivity contribution in [1.29, 1.82) is 0 Å². The largest absolute Gasteiger partial charge is 0.325 e. The van der Waals surface area contributed by atoms with Crippen LogP contribution in [0, 0.1) is 0 Å². The van der Waals surface area contributed by atoms with Crippen LogP contribution in [0.2, 0.25) is 0 Å². The second kappa shape index (κ2) is 4.67. The minimum Gasteiger partial charge on any atom is -0.325 e. The standard InChI is InChI=1S/C17H17N3O/c21-16-17(14-5-1-2-6-15(14)19-16)7-9-20(12-17)11-13-4-3-8-18-10-13/h1-6,8,10H,7,9,11-12H2,(H,19,21). The van der Waals surface area contributed by atoms with Gasteiger partial charge < -0.3 is 5.32 Å². The van der Waals surface area contributed by atoms with E-state index in [2.05, 4.69) is 27.3 Å². The van der Waals surface area contributed by atoms with Crippen LogP contribution in [-0.2, 0) is 16.8 Å². The molecule has 106 valence electrons. The number of carbonyl (C=O) groups excluding carboxylic acids is 1. The van der Waals surface area contributed by atoms with Crippen molar-refractivity contribution >= 4 is 11.6 Å². The van der Waals surface area contributed by atoms with Crippen LogP contribution in [-0.4, -0.2) is 28.9 Å². The van der Waals surface area contributed by atoms with Crippen LogP contribution in [0.5, 0.6) is 0 Å². The van der Waals surface area contributed by atoms with Crippen molar-refractivity contribution in [2.24, 2.45) is 0 Å². The molecule has 2 aliphatic rings. The first-order chi connectivity index (χ1) is 10.3. The summed E-state index contributed by atoms with van der Waals surface area (Å²) in [4.78, 5) is 19.0. The van der Waals surface area contributed by atoms with E-state index in [1.54, 1.807) is 6.20 Å². The Hall–Kier alpha value is -2.20. The molecule has 0 aliphatic carbocycles. The molecule has 1 unspecified atom stereocenters. The summed E-state index contributed by atoms with van der Waals surface area (Å²) in [6.45, 7) is 2.58. The van der Waals surface area contributed by atoms with Crippen molar-refractivity contribution in [2.75, 3.05) is 18.4 Å². The third kappa shape index (κ3) is 1.94. The van der Waals surface area contributed by atoms with Crippen molar-refractivity contribution in [2.45, 2.75) is 18.4 Å². The molecular weight excluding hydrogens is 262 g/mol. The minimum atomic E-state index is -0.362. The van der Waals surface area contributed by atoms with Crippen molar-refractivity contribution in [3.05, 3.63) is 59.9 Å². The number of fused-ring (bicyclic) bond motifs is 2. The van der Waals surface area contributed by atoms with Crippen molar-refractivity contribution in [3.8, 4) is 0 Å². The van der Waals surface area contributed by atoms with Gasteiger partial charge in [-0.05, 0) is 36.2 Å². The number of nitrogens with zero attached hydrogens (tertiary/aromatic N) is 2. The zero-order valence-electron chi connectivity index (χ0n) is 11.7. The van der Waals surface area contributed by atoms with Crippen molar-refractivity contribution in [1.82, 2.24) is 9.88 Å². The highest BCUT2D eigenvalue weighted by Gasteiger charge is 2.50. The molecule has 1 fully saturated rings. The average Bonchev–Trinajstić information content (AvgIpc) is 3.05. The third-order valence-corrected chi connectivity index (χ3v) is 4.60. The van der Waals surface area contributed by atoms with Gasteiger partial charge in [-0.2, -0.15) is 0 Å². The zero-order chi connectivity index (χ0) is 14.3. The van der Waals surface area contributed by atoms with E-state index in [9.17, 15) is 4.79 Å². The van der Waals surface area contributed by atoms with Gasteiger partial charge in [0, 0.05) is 31.2 Å². The topological polar surface area (TPSA) is 45.2 Å². The first kappa shape index (κ1) is 12.5. The Kier molecular flexibility index (Phi) is 2.79. The molecular formula is C17H17N3O. The SMILES string of the molecule is O=C1Nc2ccccc2C12CCN(Cc1cccnc1)C2. The first-order valence-electron chi connectivity index (χ1n) is 7.30. The Morgan fingerprint density at radius 2 is 2.14 bits per heavy atom. The van der Waals surface area contributed by atoms with Gasteiger partial charge in [0.1, 0.15) is 0 Å². The monoisotopic (exact) mass is 279 g/mol. The van der Waals surface area contributed by atoms with Gasteiger partial charge in [-0.3, -0.25) is 14.7 Å². The molecule has 1 saturated heterocycles. The molecule has 4 heteroatoms. The van der Waals surface area contributed by atoms with Gasteiger partial charge in [-0.25, -0.2) is 0 Å². The summed E-state index contributed by atoms with van der Waals surface area (Å²) in [5.74, 6) is 0.150. The first-order valence-corrected chi connectivity index (χ1v) is 7.30. The normalized spacial score (nSPS) is 24.3. The minimum absolute atomic E-state index is 0.150. The molecule has 1 aromatic carbocycles. The molecule has 0 radical (unpaired) electrons. The Balaban J connectivity index is 1.60. The zero-order valence-corrected chi connectivity index (χ0v) is 11.7.